The molecule has 1 aromatic rings. The third-order valence-electron chi connectivity index (χ3n) is 1.70. The van der Waals surface area contributed by atoms with Crippen LogP contribution in [0.3, 0.4) is 0 Å². The van der Waals surface area contributed by atoms with Gasteiger partial charge in [-0.3, -0.25) is 0 Å². The zero-order valence-electron chi connectivity index (χ0n) is 7.31. The van der Waals surface area contributed by atoms with Gasteiger partial charge in [-0.25, -0.2) is 8.78 Å². The Kier molecular flexibility index (Phi) is 3.01. The molecule has 0 bridgehead atoms. The zero-order valence-corrected chi connectivity index (χ0v) is 7.31. The van der Waals surface area contributed by atoms with Crippen LogP contribution in [-0.2, 0) is 6.42 Å². The van der Waals surface area contributed by atoms with E-state index >= 15 is 0 Å². The molecule has 0 aliphatic heterocycles. The van der Waals surface area contributed by atoms with Gasteiger partial charge in [0, 0.05) is 17.7 Å². The monoisotopic (exact) mass is 184 g/mol. The molecule has 0 radical (unpaired) electrons. The average molecular weight is 184 g/mol. The highest BCUT2D eigenvalue weighted by Gasteiger charge is 2.09. The van der Waals surface area contributed by atoms with Gasteiger partial charge in [0.25, 0.3) is 0 Å². The van der Waals surface area contributed by atoms with Gasteiger partial charge in [-0.1, -0.05) is 6.08 Å². The minimum absolute atomic E-state index is 0.0239. The van der Waals surface area contributed by atoms with Crippen molar-refractivity contribution in [3.63, 3.8) is 0 Å². The standard InChI is InChI=1S/C10H10F2O/c1-3-4-8-9(11)5-7(13-2)6-10(8)12/h3,5-6H,1,4H2,2H3. The van der Waals surface area contributed by atoms with Gasteiger partial charge < -0.3 is 4.74 Å². The molecule has 1 aromatic carbocycles. The molecule has 0 heterocycles. The van der Waals surface area contributed by atoms with Crippen LogP contribution in [0.2, 0.25) is 0 Å². The Morgan fingerprint density at radius 3 is 2.31 bits per heavy atom. The van der Waals surface area contributed by atoms with Crippen molar-refractivity contribution in [2.24, 2.45) is 0 Å². The van der Waals surface area contributed by atoms with Gasteiger partial charge in [0.1, 0.15) is 17.4 Å². The smallest absolute Gasteiger partial charge is 0.133 e. The van der Waals surface area contributed by atoms with Crippen molar-refractivity contribution in [3.8, 4) is 5.75 Å². The molecule has 1 nitrogen and oxygen atoms in total. The van der Waals surface area contributed by atoms with Gasteiger partial charge >= 0.3 is 0 Å². The molecule has 70 valence electrons. The molecule has 0 saturated heterocycles. The molecule has 3 heteroatoms. The number of halogens is 2. The maximum atomic E-state index is 13.1. The third-order valence-corrected chi connectivity index (χ3v) is 1.70. The summed E-state index contributed by atoms with van der Waals surface area (Å²) in [6, 6.07) is 2.31. The van der Waals surface area contributed by atoms with Crippen molar-refractivity contribution in [1.82, 2.24) is 0 Å². The normalized spacial score (nSPS) is 9.77. The molecule has 0 spiro atoms. The number of hydrogen-bond donors (Lipinski definition) is 0. The van der Waals surface area contributed by atoms with E-state index in [1.54, 1.807) is 0 Å². The first-order valence-corrected chi connectivity index (χ1v) is 3.82. The molecular weight excluding hydrogens is 174 g/mol. The molecule has 0 N–H and O–H groups in total. The minimum Gasteiger partial charge on any atom is -0.497 e. The second kappa shape index (κ2) is 4.03. The molecule has 0 aliphatic carbocycles. The summed E-state index contributed by atoms with van der Waals surface area (Å²) in [4.78, 5) is 0. The fourth-order valence-corrected chi connectivity index (χ4v) is 1.04. The number of allylic oxidation sites excluding steroid dienone is 1. The number of benzene rings is 1. The lowest BCUT2D eigenvalue weighted by Gasteiger charge is -2.04. The van der Waals surface area contributed by atoms with Crippen molar-refractivity contribution >= 4 is 0 Å². The Morgan fingerprint density at radius 2 is 1.92 bits per heavy atom. The Labute approximate surface area is 75.6 Å². The first-order valence-electron chi connectivity index (χ1n) is 3.82. The van der Waals surface area contributed by atoms with Gasteiger partial charge in [0.15, 0.2) is 0 Å². The number of rotatable bonds is 3. The molecule has 0 unspecified atom stereocenters. The van der Waals surface area contributed by atoms with Crippen LogP contribution in [0.25, 0.3) is 0 Å². The minimum atomic E-state index is -0.600. The number of ether oxygens (including phenoxy) is 1. The van der Waals surface area contributed by atoms with Gasteiger partial charge in [-0.05, 0) is 6.42 Å². The third kappa shape index (κ3) is 2.05. The van der Waals surface area contributed by atoms with Crippen LogP contribution in [0.4, 0.5) is 8.78 Å². The number of methoxy groups -OCH3 is 1. The Morgan fingerprint density at radius 1 is 1.38 bits per heavy atom. The molecule has 0 aliphatic rings. The van der Waals surface area contributed by atoms with E-state index in [-0.39, 0.29) is 17.7 Å². The first kappa shape index (κ1) is 9.71. The summed E-state index contributed by atoms with van der Waals surface area (Å²) < 4.78 is 30.9. The van der Waals surface area contributed by atoms with E-state index in [1.807, 2.05) is 0 Å². The van der Waals surface area contributed by atoms with Gasteiger partial charge in [0.2, 0.25) is 0 Å². The lowest BCUT2D eigenvalue weighted by molar-refractivity contribution is 0.405. The highest BCUT2D eigenvalue weighted by Crippen LogP contribution is 2.20. The SMILES string of the molecule is C=CCc1c(F)cc(OC)cc1F. The molecule has 13 heavy (non-hydrogen) atoms. The Bertz CT molecular complexity index is 298. The van der Waals surface area contributed by atoms with Crippen LogP contribution in [0.5, 0.6) is 5.75 Å². The summed E-state index contributed by atoms with van der Waals surface area (Å²) in [6.07, 6.45) is 1.63. The Hall–Kier alpha value is -1.38. The van der Waals surface area contributed by atoms with E-state index in [4.69, 9.17) is 4.74 Å². The predicted molar refractivity (Wildman–Crippen MR) is 46.8 cm³/mol. The number of hydrogen-bond acceptors (Lipinski definition) is 1. The van der Waals surface area contributed by atoms with Crippen LogP contribution >= 0.6 is 0 Å². The topological polar surface area (TPSA) is 9.23 Å². The van der Waals surface area contributed by atoms with E-state index in [0.717, 1.165) is 12.1 Å². The van der Waals surface area contributed by atoms with E-state index in [0.29, 0.717) is 0 Å². The highest BCUT2D eigenvalue weighted by molar-refractivity contribution is 5.31. The van der Waals surface area contributed by atoms with E-state index in [2.05, 4.69) is 6.58 Å². The lowest BCUT2D eigenvalue weighted by atomic mass is 10.1. The molecule has 0 fully saturated rings. The maximum absolute atomic E-state index is 13.1. The second-order valence-electron chi connectivity index (χ2n) is 2.56. The molecule has 0 aromatic heterocycles. The summed E-state index contributed by atoms with van der Waals surface area (Å²) in [6.45, 7) is 3.42. The van der Waals surface area contributed by atoms with Gasteiger partial charge in [-0.2, -0.15) is 0 Å². The summed E-state index contributed by atoms with van der Waals surface area (Å²) in [7, 11) is 1.36. The summed E-state index contributed by atoms with van der Waals surface area (Å²) in [5.41, 5.74) is 0.0239. The van der Waals surface area contributed by atoms with Crippen molar-refractivity contribution < 1.29 is 13.5 Å². The molecule has 1 rings (SSSR count). The van der Waals surface area contributed by atoms with Gasteiger partial charge in [0.05, 0.1) is 7.11 Å². The zero-order chi connectivity index (χ0) is 9.84. The summed E-state index contributed by atoms with van der Waals surface area (Å²) >= 11 is 0. The van der Waals surface area contributed by atoms with Gasteiger partial charge in [-0.15, -0.1) is 6.58 Å². The lowest BCUT2D eigenvalue weighted by Crippen LogP contribution is -1.95. The van der Waals surface area contributed by atoms with Crippen LogP contribution in [0.15, 0.2) is 24.8 Å². The maximum Gasteiger partial charge on any atom is 0.133 e. The average Bonchev–Trinajstić information content (AvgIpc) is 2.11. The fourth-order valence-electron chi connectivity index (χ4n) is 1.04. The molecular formula is C10H10F2O. The van der Waals surface area contributed by atoms with Crippen LogP contribution in [0, 0.1) is 11.6 Å². The summed E-state index contributed by atoms with van der Waals surface area (Å²) in [5.74, 6) is -1.02. The van der Waals surface area contributed by atoms with Crippen molar-refractivity contribution in [2.75, 3.05) is 7.11 Å². The second-order valence-corrected chi connectivity index (χ2v) is 2.56. The van der Waals surface area contributed by atoms with Crippen molar-refractivity contribution in [3.05, 3.63) is 42.0 Å². The molecule has 0 atom stereocenters. The van der Waals surface area contributed by atoms with E-state index in [1.165, 1.54) is 13.2 Å². The quantitative estimate of drug-likeness (QED) is 0.656. The van der Waals surface area contributed by atoms with E-state index in [9.17, 15) is 8.78 Å². The Balaban J connectivity index is 3.14. The first-order chi connectivity index (χ1) is 6.19. The predicted octanol–water partition coefficient (Wildman–Crippen LogP) is 2.70. The van der Waals surface area contributed by atoms with Crippen LogP contribution in [0.1, 0.15) is 5.56 Å². The highest BCUT2D eigenvalue weighted by atomic mass is 19.1. The van der Waals surface area contributed by atoms with Crippen molar-refractivity contribution in [2.45, 2.75) is 6.42 Å². The fraction of sp³-hybridized carbons (Fsp3) is 0.200. The van der Waals surface area contributed by atoms with Crippen LogP contribution in [-0.4, -0.2) is 7.11 Å². The largest absolute Gasteiger partial charge is 0.497 e. The molecule has 0 amide bonds. The van der Waals surface area contributed by atoms with Crippen LogP contribution < -0.4 is 4.74 Å². The van der Waals surface area contributed by atoms with E-state index < -0.39 is 11.6 Å². The molecule has 0 saturated carbocycles. The summed E-state index contributed by atoms with van der Waals surface area (Å²) in [5, 5.41) is 0. The van der Waals surface area contributed by atoms with Crippen molar-refractivity contribution in [1.29, 1.82) is 0 Å².